The van der Waals surface area contributed by atoms with Crippen molar-refractivity contribution in [2.45, 2.75) is 0 Å². The van der Waals surface area contributed by atoms with Gasteiger partial charge in [-0.25, -0.2) is 0 Å². The van der Waals surface area contributed by atoms with E-state index < -0.39 is 0 Å². The van der Waals surface area contributed by atoms with Gasteiger partial charge in [-0.05, 0) is 18.2 Å². The first-order chi connectivity index (χ1) is 6.68. The van der Waals surface area contributed by atoms with E-state index in [1.165, 1.54) is 0 Å². The van der Waals surface area contributed by atoms with Crippen LogP contribution >= 0.6 is 11.6 Å². The molecule has 0 fully saturated rings. The van der Waals surface area contributed by atoms with E-state index in [1.54, 1.807) is 0 Å². The van der Waals surface area contributed by atoms with E-state index in [0.717, 1.165) is 22.0 Å². The number of nitrogens with zero attached hydrogens (tertiary/aromatic N) is 1. The Labute approximate surface area is 87.9 Å². The second-order valence-corrected chi connectivity index (χ2v) is 3.67. The molecule has 2 rings (SSSR count). The first-order valence-electron chi connectivity index (χ1n) is 4.35. The topological polar surface area (TPSA) is 30.9 Å². The van der Waals surface area contributed by atoms with Crippen molar-refractivity contribution < 1.29 is 0 Å². The van der Waals surface area contributed by atoms with Crippen molar-refractivity contribution in [3.8, 4) is 11.3 Å². The standard InChI is InChI=1S/C11H11ClN2/c1-14-7-6-10(13)11(14)8-2-4-9(12)5-3-8/h2-7H,13H2,1H3. The SMILES string of the molecule is Cn1ccc(N)c1-c1ccc(Cl)cc1. The van der Waals surface area contributed by atoms with Gasteiger partial charge in [0.1, 0.15) is 0 Å². The van der Waals surface area contributed by atoms with Gasteiger partial charge in [0.15, 0.2) is 0 Å². The molecule has 0 saturated heterocycles. The largest absolute Gasteiger partial charge is 0.397 e. The molecule has 14 heavy (non-hydrogen) atoms. The molecule has 0 saturated carbocycles. The zero-order valence-corrected chi connectivity index (χ0v) is 8.62. The molecule has 1 aromatic carbocycles. The molecule has 1 heterocycles. The van der Waals surface area contributed by atoms with Gasteiger partial charge in [0.2, 0.25) is 0 Å². The summed E-state index contributed by atoms with van der Waals surface area (Å²) in [6.07, 6.45) is 1.94. The Kier molecular flexibility index (Phi) is 2.22. The van der Waals surface area contributed by atoms with Crippen LogP contribution in [0.5, 0.6) is 0 Å². The van der Waals surface area contributed by atoms with Gasteiger partial charge < -0.3 is 10.3 Å². The molecule has 0 spiro atoms. The smallest absolute Gasteiger partial charge is 0.0711 e. The van der Waals surface area contributed by atoms with Crippen LogP contribution < -0.4 is 5.73 Å². The highest BCUT2D eigenvalue weighted by Gasteiger charge is 2.05. The second-order valence-electron chi connectivity index (χ2n) is 3.24. The average Bonchev–Trinajstić information content (AvgIpc) is 2.49. The summed E-state index contributed by atoms with van der Waals surface area (Å²) in [6.45, 7) is 0. The van der Waals surface area contributed by atoms with Crippen molar-refractivity contribution in [2.75, 3.05) is 5.73 Å². The van der Waals surface area contributed by atoms with Gasteiger partial charge in [-0.3, -0.25) is 0 Å². The number of nitrogen functional groups attached to an aromatic ring is 1. The van der Waals surface area contributed by atoms with Gasteiger partial charge in [0.25, 0.3) is 0 Å². The van der Waals surface area contributed by atoms with E-state index in [9.17, 15) is 0 Å². The van der Waals surface area contributed by atoms with Crippen molar-refractivity contribution in [3.63, 3.8) is 0 Å². The second kappa shape index (κ2) is 3.39. The fourth-order valence-corrected chi connectivity index (χ4v) is 1.65. The molecule has 0 aliphatic heterocycles. The summed E-state index contributed by atoms with van der Waals surface area (Å²) in [5.74, 6) is 0. The van der Waals surface area contributed by atoms with Gasteiger partial charge in [-0.15, -0.1) is 0 Å². The minimum atomic E-state index is 0.738. The fraction of sp³-hybridized carbons (Fsp3) is 0.0909. The quantitative estimate of drug-likeness (QED) is 0.764. The van der Waals surface area contributed by atoms with Crippen molar-refractivity contribution in [1.82, 2.24) is 4.57 Å². The summed E-state index contributed by atoms with van der Waals surface area (Å²) >= 11 is 5.81. The number of aryl methyl sites for hydroxylation is 1. The summed E-state index contributed by atoms with van der Waals surface area (Å²) in [7, 11) is 1.97. The predicted molar refractivity (Wildman–Crippen MR) is 60.3 cm³/mol. The van der Waals surface area contributed by atoms with Gasteiger partial charge >= 0.3 is 0 Å². The number of aromatic nitrogens is 1. The Morgan fingerprint density at radius 1 is 1.14 bits per heavy atom. The van der Waals surface area contributed by atoms with Crippen LogP contribution in [0.15, 0.2) is 36.5 Å². The summed E-state index contributed by atoms with van der Waals surface area (Å²) in [5.41, 5.74) is 8.76. The summed E-state index contributed by atoms with van der Waals surface area (Å²) in [6, 6.07) is 9.55. The van der Waals surface area contributed by atoms with Gasteiger partial charge in [0.05, 0.1) is 11.4 Å². The van der Waals surface area contributed by atoms with Crippen molar-refractivity contribution in [3.05, 3.63) is 41.6 Å². The highest BCUT2D eigenvalue weighted by molar-refractivity contribution is 6.30. The molecule has 0 aliphatic rings. The lowest BCUT2D eigenvalue weighted by molar-refractivity contribution is 0.938. The van der Waals surface area contributed by atoms with Crippen LogP contribution in [0.25, 0.3) is 11.3 Å². The molecular formula is C11H11ClN2. The molecule has 72 valence electrons. The first kappa shape index (κ1) is 9.16. The molecule has 0 amide bonds. The number of halogens is 1. The molecule has 0 radical (unpaired) electrons. The normalized spacial score (nSPS) is 10.4. The van der Waals surface area contributed by atoms with Crippen molar-refractivity contribution >= 4 is 17.3 Å². The Balaban J connectivity index is 2.54. The maximum atomic E-state index is 5.86. The first-order valence-corrected chi connectivity index (χ1v) is 4.73. The van der Waals surface area contributed by atoms with E-state index in [2.05, 4.69) is 0 Å². The van der Waals surface area contributed by atoms with E-state index in [4.69, 9.17) is 17.3 Å². The monoisotopic (exact) mass is 206 g/mol. The van der Waals surface area contributed by atoms with Gasteiger partial charge in [0, 0.05) is 23.8 Å². The Morgan fingerprint density at radius 3 is 2.29 bits per heavy atom. The molecule has 2 N–H and O–H groups in total. The number of nitrogens with two attached hydrogens (primary N) is 1. The molecule has 0 unspecified atom stereocenters. The molecular weight excluding hydrogens is 196 g/mol. The minimum absolute atomic E-state index is 0.738. The van der Waals surface area contributed by atoms with Crippen LogP contribution in [0.1, 0.15) is 0 Å². The fourth-order valence-electron chi connectivity index (χ4n) is 1.53. The van der Waals surface area contributed by atoms with Crippen molar-refractivity contribution in [1.29, 1.82) is 0 Å². The number of hydrogen-bond donors (Lipinski definition) is 1. The van der Waals surface area contributed by atoms with Crippen molar-refractivity contribution in [2.24, 2.45) is 7.05 Å². The minimum Gasteiger partial charge on any atom is -0.397 e. The molecule has 2 nitrogen and oxygen atoms in total. The zero-order chi connectivity index (χ0) is 10.1. The zero-order valence-electron chi connectivity index (χ0n) is 7.87. The lowest BCUT2D eigenvalue weighted by Crippen LogP contribution is -1.93. The lowest BCUT2D eigenvalue weighted by atomic mass is 10.1. The van der Waals surface area contributed by atoms with Gasteiger partial charge in [-0.1, -0.05) is 23.7 Å². The van der Waals surface area contributed by atoms with Crippen LogP contribution in [0.3, 0.4) is 0 Å². The molecule has 0 bridgehead atoms. The maximum Gasteiger partial charge on any atom is 0.0711 e. The van der Waals surface area contributed by atoms with Crippen LogP contribution in [-0.2, 0) is 7.05 Å². The van der Waals surface area contributed by atoms with E-state index in [-0.39, 0.29) is 0 Å². The summed E-state index contributed by atoms with van der Waals surface area (Å²) in [4.78, 5) is 0. The third-order valence-corrected chi connectivity index (χ3v) is 2.47. The van der Waals surface area contributed by atoms with E-state index >= 15 is 0 Å². The Bertz CT molecular complexity index is 423. The number of benzene rings is 1. The Morgan fingerprint density at radius 2 is 1.79 bits per heavy atom. The lowest BCUT2D eigenvalue weighted by Gasteiger charge is -2.05. The highest BCUT2D eigenvalue weighted by atomic mass is 35.5. The van der Waals surface area contributed by atoms with Crippen LogP contribution in [0, 0.1) is 0 Å². The summed E-state index contributed by atoms with van der Waals surface area (Å²) < 4.78 is 2.00. The van der Waals surface area contributed by atoms with Crippen LogP contribution in [0.2, 0.25) is 5.02 Å². The van der Waals surface area contributed by atoms with E-state index in [1.807, 2.05) is 48.1 Å². The summed E-state index contributed by atoms with van der Waals surface area (Å²) in [5, 5.41) is 0.738. The third kappa shape index (κ3) is 1.49. The number of anilines is 1. The Hall–Kier alpha value is -1.41. The van der Waals surface area contributed by atoms with Crippen LogP contribution in [-0.4, -0.2) is 4.57 Å². The highest BCUT2D eigenvalue weighted by Crippen LogP contribution is 2.27. The van der Waals surface area contributed by atoms with E-state index in [0.29, 0.717) is 0 Å². The molecule has 1 aromatic heterocycles. The molecule has 2 aromatic rings. The maximum absolute atomic E-state index is 5.86. The molecule has 3 heteroatoms. The molecule has 0 aliphatic carbocycles. The molecule has 0 atom stereocenters. The average molecular weight is 207 g/mol. The van der Waals surface area contributed by atoms with Crippen LogP contribution in [0.4, 0.5) is 5.69 Å². The predicted octanol–water partition coefficient (Wildman–Crippen LogP) is 2.93. The third-order valence-electron chi connectivity index (χ3n) is 2.22. The number of rotatable bonds is 1. The van der Waals surface area contributed by atoms with Gasteiger partial charge in [-0.2, -0.15) is 0 Å². The number of hydrogen-bond acceptors (Lipinski definition) is 1.